The van der Waals surface area contributed by atoms with E-state index in [4.69, 9.17) is 85.4 Å². The third-order valence-electron chi connectivity index (χ3n) is 5.94. The van der Waals surface area contributed by atoms with Crippen LogP contribution >= 0.6 is 23.2 Å². The Bertz CT molecular complexity index is 1310. The van der Waals surface area contributed by atoms with Crippen molar-refractivity contribution in [1.29, 1.82) is 21.6 Å². The lowest BCUT2D eigenvalue weighted by Crippen LogP contribution is -2.48. The molecule has 2 aromatic rings. The summed E-state index contributed by atoms with van der Waals surface area (Å²) in [6.07, 6.45) is -4.13. The normalized spacial score (nSPS) is 12.4. The number of carbonyl (C=O) groups is 2. The summed E-state index contributed by atoms with van der Waals surface area (Å²) in [6, 6.07) is 13.9. The number of aliphatic hydroxyl groups excluding tert-OH is 5. The Morgan fingerprint density at radius 3 is 1.31 bits per heavy atom. The van der Waals surface area contributed by atoms with Crippen LogP contribution in [0.3, 0.4) is 0 Å². The number of rotatable bonds is 14. The van der Waals surface area contributed by atoms with E-state index in [1.54, 1.807) is 48.5 Å². The molecule has 0 fully saturated rings. The van der Waals surface area contributed by atoms with Gasteiger partial charge in [-0.1, -0.05) is 36.0 Å². The predicted octanol–water partition coefficient (Wildman–Crippen LogP) is 0.773. The zero-order chi connectivity index (χ0) is 38.9. The molecule has 0 saturated heterocycles. The molecular formula is C30H46Cl2N10O9. The van der Waals surface area contributed by atoms with Crippen LogP contribution in [0.4, 0.5) is 11.4 Å². The molecule has 2 aromatic carbocycles. The molecule has 4 atom stereocenters. The molecule has 284 valence electrons. The van der Waals surface area contributed by atoms with E-state index in [2.05, 4.69) is 31.9 Å². The Kier molecular flexibility index (Phi) is 23.7. The molecule has 0 aliphatic rings. The number of aliphatic hydroxyl groups is 5. The maximum absolute atomic E-state index is 10.1. The summed E-state index contributed by atoms with van der Waals surface area (Å²) in [6.45, 7) is 1.49. The van der Waals surface area contributed by atoms with Gasteiger partial charge in [0, 0.05) is 41.4 Å². The Morgan fingerprint density at radius 1 is 0.647 bits per heavy atom. The highest BCUT2D eigenvalue weighted by atomic mass is 35.5. The number of halogens is 2. The van der Waals surface area contributed by atoms with Gasteiger partial charge in [-0.25, -0.2) is 4.79 Å². The van der Waals surface area contributed by atoms with Gasteiger partial charge in [0.25, 0.3) is 5.97 Å². The maximum atomic E-state index is 10.1. The highest BCUT2D eigenvalue weighted by Gasteiger charge is 2.33. The van der Waals surface area contributed by atoms with E-state index in [1.807, 2.05) is 0 Å². The second kappa shape index (κ2) is 26.1. The molecule has 0 amide bonds. The minimum atomic E-state index is -2.20. The lowest BCUT2D eigenvalue weighted by atomic mass is 10.0. The van der Waals surface area contributed by atoms with Crippen molar-refractivity contribution in [3.8, 4) is 0 Å². The van der Waals surface area contributed by atoms with E-state index >= 15 is 0 Å². The van der Waals surface area contributed by atoms with Crippen molar-refractivity contribution >= 4 is 70.4 Å². The van der Waals surface area contributed by atoms with E-state index < -0.39 is 43.0 Å². The Labute approximate surface area is 304 Å². The van der Waals surface area contributed by atoms with Gasteiger partial charge in [-0.15, -0.1) is 0 Å². The fourth-order valence-electron chi connectivity index (χ4n) is 3.45. The first-order valence-corrected chi connectivity index (χ1v) is 15.9. The maximum Gasteiger partial charge on any atom is 0.335 e. The smallest absolute Gasteiger partial charge is 0.335 e. The number of anilines is 2. The van der Waals surface area contributed by atoms with Gasteiger partial charge in [0.15, 0.2) is 29.9 Å². The first-order valence-electron chi connectivity index (χ1n) is 15.1. The molecule has 19 nitrogen and oxygen atoms in total. The number of aliphatic carboxylic acids is 2. The van der Waals surface area contributed by atoms with Crippen molar-refractivity contribution in [1.82, 2.24) is 21.3 Å². The quantitative estimate of drug-likeness (QED) is 0.0718. The summed E-state index contributed by atoms with van der Waals surface area (Å²) >= 11 is 11.7. The standard InChI is InChI=1S/C22H30Cl2N10.C6H12O7.C2H4O2/c23-15-5-9-17(10-6-15)31-21(27)33-19(25)29-13-3-1-2-4-14-30-20(26)34-22(28)32-18-11-7-16(24)8-12-18;7-1-2(8)3(9)4(10)5(11)6(12)13;1-2(3)4/h5-12H,1-4,13-14H2,(H5,25,27,29,31,33)(H5,26,28,30,32,34);2-5,7-11H,1H2,(H,12,13);1H3,(H,3,4)/t;2-,3-,4+,5-;/m.1./s1. The summed E-state index contributed by atoms with van der Waals surface area (Å²) in [5.74, 6) is -2.45. The van der Waals surface area contributed by atoms with Gasteiger partial charge in [-0.2, -0.15) is 0 Å². The molecule has 17 N–H and O–H groups in total. The Balaban J connectivity index is 0.00000122. The van der Waals surface area contributed by atoms with E-state index in [0.717, 1.165) is 32.6 Å². The van der Waals surface area contributed by atoms with Crippen LogP contribution in [0.1, 0.15) is 32.6 Å². The molecule has 21 heteroatoms. The van der Waals surface area contributed by atoms with Gasteiger partial charge in [0.05, 0.1) is 6.61 Å². The fraction of sp³-hybridized carbons (Fsp3) is 0.400. The average molecular weight is 762 g/mol. The monoisotopic (exact) mass is 760 g/mol. The van der Waals surface area contributed by atoms with Gasteiger partial charge in [0.1, 0.15) is 18.3 Å². The van der Waals surface area contributed by atoms with Gasteiger partial charge < -0.3 is 57.0 Å². The molecule has 51 heavy (non-hydrogen) atoms. The van der Waals surface area contributed by atoms with Crippen LogP contribution in [-0.4, -0.2) is 116 Å². The van der Waals surface area contributed by atoms with Crippen LogP contribution < -0.4 is 31.9 Å². The molecule has 0 aliphatic carbocycles. The predicted molar refractivity (Wildman–Crippen MR) is 194 cm³/mol. The third kappa shape index (κ3) is 23.3. The summed E-state index contributed by atoms with van der Waals surface area (Å²) < 4.78 is 0. The molecule has 0 aliphatic heterocycles. The number of nitrogens with one attached hydrogen (secondary N) is 10. The van der Waals surface area contributed by atoms with Crippen LogP contribution in [0.15, 0.2) is 48.5 Å². The van der Waals surface area contributed by atoms with Crippen LogP contribution in [0.25, 0.3) is 0 Å². The van der Waals surface area contributed by atoms with Crippen LogP contribution in [-0.2, 0) is 9.59 Å². The molecular weight excluding hydrogens is 715 g/mol. The van der Waals surface area contributed by atoms with Gasteiger partial charge in [0.2, 0.25) is 0 Å². The van der Waals surface area contributed by atoms with E-state index in [-0.39, 0.29) is 23.8 Å². The molecule has 0 aromatic heterocycles. The van der Waals surface area contributed by atoms with Gasteiger partial charge in [-0.3, -0.25) is 37.1 Å². The Morgan fingerprint density at radius 2 is 1.00 bits per heavy atom. The number of carboxylic acid groups (broad SMARTS) is 2. The van der Waals surface area contributed by atoms with E-state index in [0.29, 0.717) is 34.5 Å². The highest BCUT2D eigenvalue weighted by Crippen LogP contribution is 2.14. The summed E-state index contributed by atoms with van der Waals surface area (Å²) in [7, 11) is 0. The number of guanidine groups is 4. The molecule has 0 saturated carbocycles. The molecule has 2 rings (SSSR count). The topological polar surface area (TPSA) is 343 Å². The molecule has 0 unspecified atom stereocenters. The second-order valence-corrected chi connectivity index (χ2v) is 11.2. The molecule has 0 spiro atoms. The number of hydrogen-bond acceptors (Lipinski definition) is 11. The summed E-state index contributed by atoms with van der Waals surface area (Å²) in [4.78, 5) is 19.1. The van der Waals surface area contributed by atoms with Crippen molar-refractivity contribution in [3.05, 3.63) is 58.6 Å². The van der Waals surface area contributed by atoms with Crippen molar-refractivity contribution < 1.29 is 45.3 Å². The zero-order valence-electron chi connectivity index (χ0n) is 27.6. The second-order valence-electron chi connectivity index (χ2n) is 10.3. The zero-order valence-corrected chi connectivity index (χ0v) is 29.1. The summed E-state index contributed by atoms with van der Waals surface area (Å²) in [5.41, 5.74) is 1.42. The van der Waals surface area contributed by atoms with Crippen molar-refractivity contribution in [2.24, 2.45) is 0 Å². The lowest BCUT2D eigenvalue weighted by molar-refractivity contribution is -0.164. The van der Waals surface area contributed by atoms with Crippen molar-refractivity contribution in [3.63, 3.8) is 0 Å². The summed E-state index contributed by atoms with van der Waals surface area (Å²) in [5, 5.41) is 109. The first-order chi connectivity index (χ1) is 24.0. The Hall–Kier alpha value is -4.76. The van der Waals surface area contributed by atoms with Gasteiger partial charge in [-0.05, 0) is 61.4 Å². The minimum absolute atomic E-state index is 0.00148. The first kappa shape index (κ1) is 46.2. The minimum Gasteiger partial charge on any atom is -0.481 e. The molecule has 0 heterocycles. The number of benzene rings is 2. The largest absolute Gasteiger partial charge is 0.481 e. The van der Waals surface area contributed by atoms with Gasteiger partial charge >= 0.3 is 5.97 Å². The fourth-order valence-corrected chi connectivity index (χ4v) is 3.71. The van der Waals surface area contributed by atoms with Crippen LogP contribution in [0.5, 0.6) is 0 Å². The SMILES string of the molecule is CC(=O)O.N=C(NCCCCCCNC(=N)NC(=N)Nc1ccc(Cl)cc1)NC(=N)Nc1ccc(Cl)cc1.O=C(O)[C@H](O)[C@@H](O)[C@H](O)[C@H](O)CO. The average Bonchev–Trinajstić information content (AvgIpc) is 3.06. The third-order valence-corrected chi connectivity index (χ3v) is 6.45. The number of unbranched alkanes of at least 4 members (excludes halogenated alkanes) is 3. The van der Waals surface area contributed by atoms with E-state index in [9.17, 15) is 4.79 Å². The molecule has 0 radical (unpaired) electrons. The molecule has 0 bridgehead atoms. The number of carboxylic acids is 2. The van der Waals surface area contributed by atoms with Crippen molar-refractivity contribution in [2.45, 2.75) is 57.0 Å². The van der Waals surface area contributed by atoms with Crippen LogP contribution in [0.2, 0.25) is 10.0 Å². The van der Waals surface area contributed by atoms with E-state index in [1.165, 1.54) is 0 Å². The van der Waals surface area contributed by atoms with Crippen molar-refractivity contribution in [2.75, 3.05) is 30.3 Å². The highest BCUT2D eigenvalue weighted by molar-refractivity contribution is 6.31. The number of hydrogen-bond donors (Lipinski definition) is 17. The van der Waals surface area contributed by atoms with Crippen LogP contribution in [0, 0.1) is 21.6 Å². The lowest BCUT2D eigenvalue weighted by Gasteiger charge is -2.23.